The number of urea groups is 1. The van der Waals surface area contributed by atoms with Crippen molar-refractivity contribution in [2.45, 2.75) is 38.0 Å². The molecule has 121 valence electrons. The van der Waals surface area contributed by atoms with E-state index in [-0.39, 0.29) is 11.8 Å². The van der Waals surface area contributed by atoms with E-state index in [1.165, 1.54) is 18.1 Å². The lowest BCUT2D eigenvalue weighted by atomic mass is 9.73. The molecular weight excluding hydrogens is 293 g/mol. The summed E-state index contributed by atoms with van der Waals surface area (Å²) in [5, 5.41) is 9.21. The van der Waals surface area contributed by atoms with Crippen molar-refractivity contribution < 1.29 is 9.18 Å². The Kier molecular flexibility index (Phi) is 4.51. The fraction of sp³-hybridized carbons (Fsp3) is 0.500. The van der Waals surface area contributed by atoms with Crippen LogP contribution in [0.15, 0.2) is 18.2 Å². The second-order valence-electron chi connectivity index (χ2n) is 6.56. The zero-order valence-corrected chi connectivity index (χ0v) is 13.1. The highest BCUT2D eigenvalue weighted by Gasteiger charge is 2.34. The molecule has 3 rings (SSSR count). The smallest absolute Gasteiger partial charge is 0.314 e. The summed E-state index contributed by atoms with van der Waals surface area (Å²) in [6.45, 7) is 1.44. The van der Waals surface area contributed by atoms with E-state index >= 15 is 0 Å². The van der Waals surface area contributed by atoms with E-state index in [1.807, 2.05) is 0 Å². The summed E-state index contributed by atoms with van der Waals surface area (Å²) in [4.78, 5) is 12.9. The number of likely N-dealkylation sites (tertiary alicyclic amines) is 1. The first kappa shape index (κ1) is 15.8. The predicted molar refractivity (Wildman–Crippen MR) is 84.8 cm³/mol. The molecule has 0 spiro atoms. The summed E-state index contributed by atoms with van der Waals surface area (Å²) < 4.78 is 13.3. The largest absolute Gasteiger partial charge is 0.351 e. The van der Waals surface area contributed by atoms with Crippen LogP contribution in [0, 0.1) is 29.0 Å². The maximum absolute atomic E-state index is 13.3. The third-order valence-corrected chi connectivity index (χ3v) is 5.29. The number of rotatable bonds is 2. The van der Waals surface area contributed by atoms with Crippen molar-refractivity contribution in [2.75, 3.05) is 13.1 Å². The van der Waals surface area contributed by atoms with Crippen LogP contribution in [0.2, 0.25) is 0 Å². The molecule has 1 heterocycles. The van der Waals surface area contributed by atoms with Gasteiger partial charge in [0, 0.05) is 19.0 Å². The van der Waals surface area contributed by atoms with Gasteiger partial charge in [-0.3, -0.25) is 0 Å². The quantitative estimate of drug-likeness (QED) is 0.909. The Morgan fingerprint density at radius 1 is 1.26 bits per heavy atom. The van der Waals surface area contributed by atoms with Gasteiger partial charge in [0.15, 0.2) is 0 Å². The minimum atomic E-state index is -0.355. The Balaban J connectivity index is 1.61. The first-order valence-electron chi connectivity index (χ1n) is 8.17. The fourth-order valence-electron chi connectivity index (χ4n) is 4.00. The fourth-order valence-corrected chi connectivity index (χ4v) is 4.00. The average Bonchev–Trinajstić information content (AvgIpc) is 3.05. The first-order valence-corrected chi connectivity index (χ1v) is 8.17. The van der Waals surface area contributed by atoms with Crippen LogP contribution < -0.4 is 5.73 Å². The van der Waals surface area contributed by atoms with Crippen molar-refractivity contribution in [1.29, 1.82) is 5.26 Å². The minimum Gasteiger partial charge on any atom is -0.351 e. The highest BCUT2D eigenvalue weighted by molar-refractivity contribution is 5.72. The summed E-state index contributed by atoms with van der Waals surface area (Å²) >= 11 is 0. The van der Waals surface area contributed by atoms with Crippen molar-refractivity contribution in [3.63, 3.8) is 0 Å². The van der Waals surface area contributed by atoms with Gasteiger partial charge in [0.1, 0.15) is 5.82 Å². The number of nitrogens with zero attached hydrogens (tertiary/aromatic N) is 2. The van der Waals surface area contributed by atoms with Crippen LogP contribution >= 0.6 is 0 Å². The van der Waals surface area contributed by atoms with Crippen LogP contribution in [-0.2, 0) is 0 Å². The molecule has 0 unspecified atom stereocenters. The topological polar surface area (TPSA) is 70.1 Å². The van der Waals surface area contributed by atoms with Gasteiger partial charge in [0.05, 0.1) is 11.6 Å². The summed E-state index contributed by atoms with van der Waals surface area (Å²) in [6.07, 6.45) is 5.10. The van der Waals surface area contributed by atoms with Gasteiger partial charge in [-0.05, 0) is 61.6 Å². The van der Waals surface area contributed by atoms with Crippen molar-refractivity contribution >= 4 is 6.03 Å². The van der Waals surface area contributed by atoms with Crippen molar-refractivity contribution in [3.05, 3.63) is 41.1 Å². The zero-order valence-electron chi connectivity index (χ0n) is 13.1. The number of amides is 2. The highest BCUT2D eigenvalue weighted by atomic mass is 19.1. The second kappa shape index (κ2) is 6.57. The van der Waals surface area contributed by atoms with Crippen LogP contribution in [-0.4, -0.2) is 24.0 Å². The molecule has 2 fully saturated rings. The van der Waals surface area contributed by atoms with Gasteiger partial charge in [-0.2, -0.15) is 5.26 Å². The number of hydrogen-bond acceptors (Lipinski definition) is 2. The van der Waals surface area contributed by atoms with E-state index in [9.17, 15) is 14.4 Å². The van der Waals surface area contributed by atoms with Gasteiger partial charge in [0.2, 0.25) is 0 Å². The minimum absolute atomic E-state index is 0.329. The van der Waals surface area contributed by atoms with Crippen molar-refractivity contribution in [3.8, 4) is 6.07 Å². The Morgan fingerprint density at radius 3 is 2.57 bits per heavy atom. The summed E-state index contributed by atoms with van der Waals surface area (Å²) in [6, 6.07) is 6.32. The molecule has 1 radical (unpaired) electrons. The predicted octanol–water partition coefficient (Wildman–Crippen LogP) is 3.33. The standard InChI is InChI=1S/C18H21FN3O/c19-16-5-6-17(15(9-16)10-20)13-3-1-12(2-4-13)14-7-8-22(11-14)18(21)23/h5-6,9,12-13H,1-4,7-8,11H2,(H2,21,23). The molecule has 1 aliphatic heterocycles. The first-order chi connectivity index (χ1) is 11.1. The number of nitriles is 1. The number of carbonyl (C=O) groups excluding carboxylic acids is 1. The molecular formula is C18H21FN3O. The average molecular weight is 314 g/mol. The van der Waals surface area contributed by atoms with Crippen LogP contribution in [0.1, 0.15) is 49.1 Å². The van der Waals surface area contributed by atoms with Crippen LogP contribution in [0.5, 0.6) is 0 Å². The molecule has 1 saturated heterocycles. The molecule has 0 bridgehead atoms. The number of carbonyl (C=O) groups is 1. The number of hydrogen-bond donors (Lipinski definition) is 1. The monoisotopic (exact) mass is 314 g/mol. The van der Waals surface area contributed by atoms with E-state index in [1.54, 1.807) is 11.0 Å². The Labute approximate surface area is 136 Å². The lowest BCUT2D eigenvalue weighted by Gasteiger charge is -2.32. The van der Waals surface area contributed by atoms with Gasteiger partial charge in [-0.15, -0.1) is 0 Å². The van der Waals surface area contributed by atoms with Crippen LogP contribution in [0.3, 0.4) is 0 Å². The van der Waals surface area contributed by atoms with E-state index in [0.717, 1.165) is 44.2 Å². The molecule has 0 aromatic heterocycles. The van der Waals surface area contributed by atoms with Gasteiger partial charge in [-0.25, -0.2) is 9.18 Å². The summed E-state index contributed by atoms with van der Waals surface area (Å²) in [5.41, 5.74) is 6.78. The van der Waals surface area contributed by atoms with Crippen LogP contribution in [0.4, 0.5) is 9.18 Å². The Bertz CT molecular complexity index is 632. The second-order valence-corrected chi connectivity index (χ2v) is 6.56. The number of nitrogens with two attached hydrogens (primary N) is 1. The molecule has 1 aromatic carbocycles. The third-order valence-electron chi connectivity index (χ3n) is 5.29. The molecule has 0 atom stereocenters. The van der Waals surface area contributed by atoms with Crippen LogP contribution in [0.25, 0.3) is 0 Å². The molecule has 4 nitrogen and oxygen atoms in total. The molecule has 2 N–H and O–H groups in total. The number of halogens is 1. The van der Waals surface area contributed by atoms with E-state index in [4.69, 9.17) is 5.73 Å². The molecule has 23 heavy (non-hydrogen) atoms. The van der Waals surface area contributed by atoms with Gasteiger partial charge >= 0.3 is 6.03 Å². The zero-order chi connectivity index (χ0) is 16.4. The Morgan fingerprint density at radius 2 is 1.96 bits per heavy atom. The maximum Gasteiger partial charge on any atom is 0.314 e. The van der Waals surface area contributed by atoms with E-state index < -0.39 is 0 Å². The van der Waals surface area contributed by atoms with Crippen molar-refractivity contribution in [1.82, 2.24) is 4.90 Å². The summed E-state index contributed by atoms with van der Waals surface area (Å²) in [7, 11) is 0. The molecule has 2 aliphatic rings. The molecule has 5 heteroatoms. The third kappa shape index (κ3) is 3.31. The van der Waals surface area contributed by atoms with Gasteiger partial charge in [-0.1, -0.05) is 6.07 Å². The van der Waals surface area contributed by atoms with Crippen molar-refractivity contribution in [2.24, 2.45) is 11.7 Å². The number of benzene rings is 1. The maximum atomic E-state index is 13.3. The molecule has 1 aromatic rings. The lowest BCUT2D eigenvalue weighted by Crippen LogP contribution is -2.34. The number of primary amides is 1. The summed E-state index contributed by atoms with van der Waals surface area (Å²) in [5.74, 6) is 1.95. The molecule has 1 aliphatic carbocycles. The van der Waals surface area contributed by atoms with E-state index in [0.29, 0.717) is 23.9 Å². The van der Waals surface area contributed by atoms with Gasteiger partial charge in [0.25, 0.3) is 0 Å². The van der Waals surface area contributed by atoms with Gasteiger partial charge < -0.3 is 10.6 Å². The highest BCUT2D eigenvalue weighted by Crippen LogP contribution is 2.42. The lowest BCUT2D eigenvalue weighted by molar-refractivity contribution is 0.217. The SMILES string of the molecule is N#Cc1cc(F)ccc1C1CCC([C]2CCN(C(N)=O)C2)CC1. The van der Waals surface area contributed by atoms with E-state index in [2.05, 4.69) is 6.07 Å². The molecule has 1 saturated carbocycles. The molecule has 2 amide bonds. The normalized spacial score (nSPS) is 25.3. The Hall–Kier alpha value is -2.09.